The number of rotatable bonds is 6. The van der Waals surface area contributed by atoms with Crippen molar-refractivity contribution in [3.05, 3.63) is 54.1 Å². The molecule has 0 aliphatic carbocycles. The standard InChI is InChI=1S/C30H36N6O4/c1-4-39-26-16-20(29(37)36-14-10-21(19-36)35-12-6-5-7-13-35)8-9-22(26)32-27-17-24-25(18-31-27)34(3)30(38)28-23(33(24)2)11-15-40-28/h8-9,11,15-18,21H,4-7,10,12-14,19H2,1-3H3,(H,31,32)/t21-/m0/s1. The first kappa shape index (κ1) is 26.2. The van der Waals surface area contributed by atoms with Gasteiger partial charge in [0.1, 0.15) is 11.6 Å². The smallest absolute Gasteiger partial charge is 0.296 e. The minimum Gasteiger partial charge on any atom is -0.492 e. The van der Waals surface area contributed by atoms with Crippen molar-refractivity contribution in [3.8, 4) is 5.75 Å². The van der Waals surface area contributed by atoms with E-state index in [1.165, 1.54) is 30.4 Å². The lowest BCUT2D eigenvalue weighted by molar-refractivity contribution is 0.0771. The topological polar surface area (TPSA) is 94.4 Å². The fourth-order valence-corrected chi connectivity index (χ4v) is 6.01. The second-order valence-corrected chi connectivity index (χ2v) is 10.7. The van der Waals surface area contributed by atoms with Gasteiger partial charge in [-0.25, -0.2) is 4.98 Å². The number of ether oxygens (including phenoxy) is 1. The van der Waals surface area contributed by atoms with Crippen LogP contribution in [0.1, 0.15) is 53.5 Å². The van der Waals surface area contributed by atoms with E-state index in [9.17, 15) is 9.59 Å². The van der Waals surface area contributed by atoms with Crippen molar-refractivity contribution in [2.45, 2.75) is 38.6 Å². The van der Waals surface area contributed by atoms with Gasteiger partial charge >= 0.3 is 0 Å². The van der Waals surface area contributed by atoms with Crippen molar-refractivity contribution in [1.82, 2.24) is 14.8 Å². The summed E-state index contributed by atoms with van der Waals surface area (Å²) in [4.78, 5) is 38.9. The molecule has 40 heavy (non-hydrogen) atoms. The number of nitrogens with zero attached hydrogens (tertiary/aromatic N) is 5. The average molecular weight is 545 g/mol. The maximum atomic E-state index is 13.4. The number of pyridine rings is 1. The molecule has 3 aromatic rings. The van der Waals surface area contributed by atoms with Gasteiger partial charge in [-0.1, -0.05) is 6.42 Å². The zero-order valence-corrected chi connectivity index (χ0v) is 23.4. The van der Waals surface area contributed by atoms with Crippen molar-refractivity contribution in [2.24, 2.45) is 0 Å². The summed E-state index contributed by atoms with van der Waals surface area (Å²) in [5.41, 5.74) is 3.49. The first-order chi connectivity index (χ1) is 19.4. The van der Waals surface area contributed by atoms with Crippen molar-refractivity contribution in [3.63, 3.8) is 0 Å². The van der Waals surface area contributed by atoms with Gasteiger partial charge in [0.15, 0.2) is 0 Å². The summed E-state index contributed by atoms with van der Waals surface area (Å²) in [6.07, 6.45) is 8.04. The van der Waals surface area contributed by atoms with Crippen LogP contribution in [-0.4, -0.2) is 79.5 Å². The number of fused-ring (bicyclic) bond motifs is 2. The van der Waals surface area contributed by atoms with Gasteiger partial charge in [-0.2, -0.15) is 0 Å². The highest BCUT2D eigenvalue weighted by atomic mass is 16.5. The van der Waals surface area contributed by atoms with E-state index in [-0.39, 0.29) is 17.6 Å². The molecule has 0 unspecified atom stereocenters. The highest BCUT2D eigenvalue weighted by molar-refractivity contribution is 6.11. The molecule has 10 nitrogen and oxygen atoms in total. The van der Waals surface area contributed by atoms with E-state index in [2.05, 4.69) is 15.2 Å². The molecule has 5 heterocycles. The predicted molar refractivity (Wildman–Crippen MR) is 154 cm³/mol. The highest BCUT2D eigenvalue weighted by Gasteiger charge is 2.32. The third-order valence-electron chi connectivity index (χ3n) is 8.24. The number of likely N-dealkylation sites (tertiary alicyclic amines) is 2. The van der Waals surface area contributed by atoms with Gasteiger partial charge in [0, 0.05) is 50.9 Å². The molecule has 10 heteroatoms. The number of hydrogen-bond acceptors (Lipinski definition) is 8. The van der Waals surface area contributed by atoms with E-state index >= 15 is 0 Å². The summed E-state index contributed by atoms with van der Waals surface area (Å²) in [5.74, 6) is 1.28. The van der Waals surface area contributed by atoms with E-state index in [4.69, 9.17) is 9.15 Å². The van der Waals surface area contributed by atoms with E-state index in [1.807, 2.05) is 48.0 Å². The SMILES string of the molecule is CCOc1cc(C(=O)N2CC[C@H](N3CCCCC3)C2)ccc1Nc1cc2c(cn1)N(C)C(=O)c1occc1N2C. The van der Waals surface area contributed by atoms with Crippen molar-refractivity contribution in [2.75, 3.05) is 62.0 Å². The van der Waals surface area contributed by atoms with Crippen LogP contribution in [0.5, 0.6) is 5.75 Å². The Morgan fingerprint density at radius 3 is 2.67 bits per heavy atom. The third kappa shape index (κ3) is 4.77. The van der Waals surface area contributed by atoms with Crippen LogP contribution in [0.4, 0.5) is 28.6 Å². The lowest BCUT2D eigenvalue weighted by Crippen LogP contribution is -2.41. The molecule has 0 saturated carbocycles. The average Bonchev–Trinajstić information content (AvgIpc) is 3.67. The summed E-state index contributed by atoms with van der Waals surface area (Å²) >= 11 is 0. The van der Waals surface area contributed by atoms with Gasteiger partial charge in [-0.3, -0.25) is 14.5 Å². The van der Waals surface area contributed by atoms with E-state index in [1.54, 1.807) is 19.3 Å². The number of piperidine rings is 1. The molecule has 210 valence electrons. The first-order valence-corrected chi connectivity index (χ1v) is 14.1. The number of benzene rings is 1. The molecule has 1 N–H and O–H groups in total. The molecular weight excluding hydrogens is 508 g/mol. The van der Waals surface area contributed by atoms with Gasteiger partial charge in [0.25, 0.3) is 11.8 Å². The number of amides is 2. The molecular formula is C30H36N6O4. The zero-order chi connectivity index (χ0) is 27.8. The number of furan rings is 1. The number of carbonyl (C=O) groups excluding carboxylic acids is 2. The number of carbonyl (C=O) groups is 2. The Balaban J connectivity index is 1.22. The normalized spacial score (nSPS) is 19.3. The van der Waals surface area contributed by atoms with E-state index in [0.29, 0.717) is 46.8 Å². The second-order valence-electron chi connectivity index (χ2n) is 10.7. The Bertz CT molecular complexity index is 1410. The van der Waals surface area contributed by atoms with E-state index < -0.39 is 0 Å². The number of anilines is 5. The molecule has 3 aliphatic heterocycles. The molecule has 2 amide bonds. The molecule has 1 atom stereocenters. The van der Waals surface area contributed by atoms with Crippen LogP contribution in [0.2, 0.25) is 0 Å². The predicted octanol–water partition coefficient (Wildman–Crippen LogP) is 4.88. The minimum absolute atomic E-state index is 0.0420. The molecule has 3 aliphatic rings. The highest BCUT2D eigenvalue weighted by Crippen LogP contribution is 2.41. The number of nitrogens with one attached hydrogen (secondary N) is 1. The Labute approximate surface area is 234 Å². The maximum absolute atomic E-state index is 13.4. The number of aromatic nitrogens is 1. The Morgan fingerprint density at radius 1 is 1.05 bits per heavy atom. The Kier molecular flexibility index (Phi) is 7.10. The largest absolute Gasteiger partial charge is 0.492 e. The lowest BCUT2D eigenvalue weighted by Gasteiger charge is -2.32. The Morgan fingerprint density at radius 2 is 1.88 bits per heavy atom. The maximum Gasteiger partial charge on any atom is 0.296 e. The lowest BCUT2D eigenvalue weighted by atomic mass is 10.1. The summed E-state index contributed by atoms with van der Waals surface area (Å²) in [6, 6.07) is 9.67. The Hall–Kier alpha value is -4.05. The molecule has 1 aromatic carbocycles. The fourth-order valence-electron chi connectivity index (χ4n) is 6.01. The van der Waals surface area contributed by atoms with Crippen LogP contribution in [-0.2, 0) is 0 Å². The van der Waals surface area contributed by atoms with Crippen LogP contribution >= 0.6 is 0 Å². The quantitative estimate of drug-likeness (QED) is 0.470. The molecule has 2 fully saturated rings. The van der Waals surface area contributed by atoms with Crippen LogP contribution in [0.3, 0.4) is 0 Å². The van der Waals surface area contributed by atoms with Crippen molar-refractivity contribution in [1.29, 1.82) is 0 Å². The number of hydrogen-bond donors (Lipinski definition) is 1. The third-order valence-corrected chi connectivity index (χ3v) is 8.24. The van der Waals surface area contributed by atoms with Gasteiger partial charge in [-0.15, -0.1) is 0 Å². The molecule has 6 rings (SSSR count). The van der Waals surface area contributed by atoms with Crippen LogP contribution < -0.4 is 19.9 Å². The zero-order valence-electron chi connectivity index (χ0n) is 23.4. The summed E-state index contributed by atoms with van der Waals surface area (Å²) in [5, 5.41) is 3.36. The molecule has 2 saturated heterocycles. The molecule has 0 bridgehead atoms. The summed E-state index contributed by atoms with van der Waals surface area (Å²) in [7, 11) is 3.60. The van der Waals surface area contributed by atoms with Crippen LogP contribution in [0.15, 0.2) is 47.2 Å². The molecule has 2 aromatic heterocycles. The van der Waals surface area contributed by atoms with Crippen molar-refractivity contribution < 1.29 is 18.7 Å². The summed E-state index contributed by atoms with van der Waals surface area (Å²) in [6.45, 7) is 6.24. The summed E-state index contributed by atoms with van der Waals surface area (Å²) < 4.78 is 11.4. The van der Waals surface area contributed by atoms with Gasteiger partial charge in [-0.05, 0) is 57.5 Å². The first-order valence-electron chi connectivity index (χ1n) is 14.1. The molecule has 0 radical (unpaired) electrons. The van der Waals surface area contributed by atoms with Crippen LogP contribution in [0.25, 0.3) is 0 Å². The van der Waals surface area contributed by atoms with Gasteiger partial charge in [0.05, 0.1) is 41.8 Å². The van der Waals surface area contributed by atoms with E-state index in [0.717, 1.165) is 38.3 Å². The van der Waals surface area contributed by atoms with Gasteiger partial charge < -0.3 is 29.2 Å². The van der Waals surface area contributed by atoms with Crippen LogP contribution in [0, 0.1) is 0 Å². The molecule has 0 spiro atoms. The fraction of sp³-hybridized carbons (Fsp3) is 0.433. The monoisotopic (exact) mass is 544 g/mol. The van der Waals surface area contributed by atoms with Gasteiger partial charge in [0.2, 0.25) is 5.76 Å². The minimum atomic E-state index is -0.229. The van der Waals surface area contributed by atoms with Crippen molar-refractivity contribution >= 4 is 40.4 Å². The second kappa shape index (κ2) is 10.8.